The Bertz CT molecular complexity index is 1620. The molecule has 0 aliphatic rings. The molecule has 1 N–H and O–H groups in total. The number of pyridine rings is 1. The van der Waals surface area contributed by atoms with Gasteiger partial charge in [0, 0.05) is 26.4 Å². The first-order valence-electron chi connectivity index (χ1n) is 11.3. The Balaban J connectivity index is 1.58. The molecular weight excluding hydrogens is 552 g/mol. The van der Waals surface area contributed by atoms with Crippen LogP contribution in [0.3, 0.4) is 0 Å². The van der Waals surface area contributed by atoms with Crippen LogP contribution in [0.1, 0.15) is 20.7 Å². The smallest absolute Gasteiger partial charge is 0.341 e. The number of amides is 1. The number of fused-ring (bicyclic) bond motifs is 1. The molecule has 5 rings (SSSR count). The molecule has 8 heteroatoms. The molecule has 184 valence electrons. The monoisotopic (exact) mass is 572 g/mol. The zero-order chi connectivity index (χ0) is 25.9. The topological polar surface area (TPSA) is 77.5 Å². The number of anilines is 1. The summed E-state index contributed by atoms with van der Waals surface area (Å²) in [7, 11) is 2.92. The lowest BCUT2D eigenvalue weighted by Gasteiger charge is -2.12. The molecule has 5 aromatic rings. The van der Waals surface area contributed by atoms with Crippen molar-refractivity contribution in [2.75, 3.05) is 19.5 Å². The van der Waals surface area contributed by atoms with Crippen LogP contribution in [0.25, 0.3) is 33.3 Å². The number of nitrogens with zero attached hydrogens (tertiary/aromatic N) is 1. The van der Waals surface area contributed by atoms with Crippen molar-refractivity contribution in [1.82, 2.24) is 4.98 Å². The van der Waals surface area contributed by atoms with Crippen molar-refractivity contribution in [2.45, 2.75) is 0 Å². The fourth-order valence-electron chi connectivity index (χ4n) is 4.05. The first-order chi connectivity index (χ1) is 18.0. The predicted octanol–water partition coefficient (Wildman–Crippen LogP) is 7.44. The average Bonchev–Trinajstić information content (AvgIpc) is 3.35. The van der Waals surface area contributed by atoms with Gasteiger partial charge in [0.05, 0.1) is 31.0 Å². The minimum absolute atomic E-state index is 0.300. The summed E-state index contributed by atoms with van der Waals surface area (Å²) >= 11 is 4.77. The number of thiophene rings is 1. The van der Waals surface area contributed by atoms with Crippen LogP contribution in [0.2, 0.25) is 0 Å². The number of benzene rings is 3. The van der Waals surface area contributed by atoms with Gasteiger partial charge in [-0.25, -0.2) is 9.78 Å². The Morgan fingerprint density at radius 1 is 0.919 bits per heavy atom. The van der Waals surface area contributed by atoms with Gasteiger partial charge in [-0.05, 0) is 42.0 Å². The first kappa shape index (κ1) is 24.7. The lowest BCUT2D eigenvalue weighted by atomic mass is 10.0. The van der Waals surface area contributed by atoms with Crippen molar-refractivity contribution in [2.24, 2.45) is 0 Å². The molecule has 0 bridgehead atoms. The summed E-state index contributed by atoms with van der Waals surface area (Å²) < 4.78 is 11.1. The lowest BCUT2D eigenvalue weighted by molar-refractivity contribution is 0.0603. The van der Waals surface area contributed by atoms with Gasteiger partial charge in [-0.1, -0.05) is 58.4 Å². The molecule has 0 fully saturated rings. The number of esters is 1. The molecule has 0 aliphatic heterocycles. The van der Waals surface area contributed by atoms with E-state index in [1.54, 1.807) is 13.2 Å². The molecule has 3 aromatic carbocycles. The van der Waals surface area contributed by atoms with E-state index < -0.39 is 5.97 Å². The standard InChI is InChI=1S/C29H21BrN2O4S/c1-35-20-11-8-17(9-12-20)23-16-37-28(26(23)29(34)36-2)32-27(33)22-15-25(18-6-4-3-5-7-18)31-24-13-10-19(30)14-21(22)24/h3-16H,1-2H3,(H,32,33). The van der Waals surface area contributed by atoms with Crippen molar-refractivity contribution in [1.29, 1.82) is 0 Å². The Labute approximate surface area is 226 Å². The molecule has 37 heavy (non-hydrogen) atoms. The zero-order valence-electron chi connectivity index (χ0n) is 19.9. The molecule has 0 spiro atoms. The van der Waals surface area contributed by atoms with Crippen LogP contribution in [0.15, 0.2) is 88.7 Å². The van der Waals surface area contributed by atoms with Crippen LogP contribution in [-0.4, -0.2) is 31.1 Å². The van der Waals surface area contributed by atoms with Crippen molar-refractivity contribution < 1.29 is 19.1 Å². The van der Waals surface area contributed by atoms with E-state index in [9.17, 15) is 9.59 Å². The largest absolute Gasteiger partial charge is 0.497 e. The number of aromatic nitrogens is 1. The number of ether oxygens (including phenoxy) is 2. The number of nitrogens with one attached hydrogen (secondary N) is 1. The van der Waals surface area contributed by atoms with E-state index in [1.165, 1.54) is 18.4 Å². The number of hydrogen-bond donors (Lipinski definition) is 1. The minimum Gasteiger partial charge on any atom is -0.497 e. The fraction of sp³-hybridized carbons (Fsp3) is 0.0690. The molecule has 0 aliphatic carbocycles. The van der Waals surface area contributed by atoms with E-state index in [0.29, 0.717) is 44.0 Å². The third kappa shape index (κ3) is 4.98. The van der Waals surface area contributed by atoms with Crippen molar-refractivity contribution >= 4 is 55.0 Å². The second-order valence-electron chi connectivity index (χ2n) is 8.11. The van der Waals surface area contributed by atoms with Crippen molar-refractivity contribution in [3.05, 3.63) is 99.8 Å². The third-order valence-electron chi connectivity index (χ3n) is 5.89. The van der Waals surface area contributed by atoms with Gasteiger partial charge < -0.3 is 14.8 Å². The van der Waals surface area contributed by atoms with Crippen LogP contribution in [0.4, 0.5) is 5.00 Å². The van der Waals surface area contributed by atoms with Gasteiger partial charge in [0.1, 0.15) is 16.3 Å². The molecule has 0 saturated carbocycles. The maximum Gasteiger partial charge on any atom is 0.341 e. The van der Waals surface area contributed by atoms with E-state index in [2.05, 4.69) is 21.2 Å². The maximum absolute atomic E-state index is 13.7. The van der Waals surface area contributed by atoms with E-state index >= 15 is 0 Å². The second kappa shape index (κ2) is 10.5. The number of rotatable bonds is 6. The molecule has 2 aromatic heterocycles. The Hall–Kier alpha value is -4.01. The highest BCUT2D eigenvalue weighted by Crippen LogP contribution is 2.37. The first-order valence-corrected chi connectivity index (χ1v) is 13.0. The highest BCUT2D eigenvalue weighted by atomic mass is 79.9. The summed E-state index contributed by atoms with van der Waals surface area (Å²) in [6.45, 7) is 0. The fourth-order valence-corrected chi connectivity index (χ4v) is 5.36. The van der Waals surface area contributed by atoms with Crippen molar-refractivity contribution in [3.8, 4) is 28.1 Å². The molecule has 0 radical (unpaired) electrons. The van der Waals surface area contributed by atoms with Gasteiger partial charge in [0.2, 0.25) is 0 Å². The SMILES string of the molecule is COC(=O)c1c(-c2ccc(OC)cc2)csc1NC(=O)c1cc(-c2ccccc2)nc2ccc(Br)cc12. The van der Waals surface area contributed by atoms with Gasteiger partial charge in [-0.15, -0.1) is 11.3 Å². The molecule has 0 atom stereocenters. The second-order valence-corrected chi connectivity index (χ2v) is 9.91. The zero-order valence-corrected chi connectivity index (χ0v) is 22.4. The molecule has 0 unspecified atom stereocenters. The summed E-state index contributed by atoms with van der Waals surface area (Å²) in [6, 6.07) is 24.4. The summed E-state index contributed by atoms with van der Waals surface area (Å²) in [5, 5.41) is 5.89. The Kier molecular flexibility index (Phi) is 7.03. The lowest BCUT2D eigenvalue weighted by Crippen LogP contribution is -2.15. The molecule has 2 heterocycles. The van der Waals surface area contributed by atoms with E-state index in [0.717, 1.165) is 15.6 Å². The van der Waals surface area contributed by atoms with Gasteiger partial charge in [-0.2, -0.15) is 0 Å². The van der Waals surface area contributed by atoms with Gasteiger partial charge >= 0.3 is 5.97 Å². The molecule has 1 amide bonds. The highest BCUT2D eigenvalue weighted by molar-refractivity contribution is 9.10. The highest BCUT2D eigenvalue weighted by Gasteiger charge is 2.24. The predicted molar refractivity (Wildman–Crippen MR) is 150 cm³/mol. The number of hydrogen-bond acceptors (Lipinski definition) is 6. The summed E-state index contributed by atoms with van der Waals surface area (Å²) in [6.07, 6.45) is 0. The van der Waals surface area contributed by atoms with Crippen LogP contribution >= 0.6 is 27.3 Å². The van der Waals surface area contributed by atoms with Crippen LogP contribution in [0.5, 0.6) is 5.75 Å². The number of methoxy groups -OCH3 is 2. The summed E-state index contributed by atoms with van der Waals surface area (Å²) in [5.41, 5.74) is 4.49. The number of carbonyl (C=O) groups excluding carboxylic acids is 2. The van der Waals surface area contributed by atoms with Crippen molar-refractivity contribution in [3.63, 3.8) is 0 Å². The van der Waals surface area contributed by atoms with Gasteiger partial charge in [0.25, 0.3) is 5.91 Å². The van der Waals surface area contributed by atoms with E-state index in [-0.39, 0.29) is 5.91 Å². The Morgan fingerprint density at radius 3 is 2.38 bits per heavy atom. The van der Waals surface area contributed by atoms with Gasteiger partial charge in [-0.3, -0.25) is 4.79 Å². The minimum atomic E-state index is -0.533. The third-order valence-corrected chi connectivity index (χ3v) is 7.28. The van der Waals surface area contributed by atoms with Crippen LogP contribution < -0.4 is 10.1 Å². The van der Waals surface area contributed by atoms with Crippen LogP contribution in [-0.2, 0) is 4.74 Å². The normalized spacial score (nSPS) is 10.8. The molecular formula is C29H21BrN2O4S. The van der Waals surface area contributed by atoms with Crippen LogP contribution in [0, 0.1) is 0 Å². The average molecular weight is 573 g/mol. The summed E-state index contributed by atoms with van der Waals surface area (Å²) in [5.74, 6) is -0.178. The van der Waals surface area contributed by atoms with Gasteiger partial charge in [0.15, 0.2) is 0 Å². The summed E-state index contributed by atoms with van der Waals surface area (Å²) in [4.78, 5) is 31.3. The molecule has 0 saturated heterocycles. The number of carbonyl (C=O) groups is 2. The molecule has 6 nitrogen and oxygen atoms in total. The van der Waals surface area contributed by atoms with E-state index in [4.69, 9.17) is 14.5 Å². The van der Waals surface area contributed by atoms with E-state index in [1.807, 2.05) is 78.2 Å². The number of halogens is 1. The maximum atomic E-state index is 13.7. The quantitative estimate of drug-likeness (QED) is 0.214. The Morgan fingerprint density at radius 2 is 1.68 bits per heavy atom.